The second kappa shape index (κ2) is 8.57. The lowest BCUT2D eigenvalue weighted by atomic mass is 10.1. The van der Waals surface area contributed by atoms with E-state index in [9.17, 15) is 0 Å². The van der Waals surface area contributed by atoms with Crippen molar-refractivity contribution < 1.29 is 4.74 Å². The normalized spacial score (nSPS) is 22.5. The molecule has 1 aliphatic heterocycles. The molecule has 0 bridgehead atoms. The zero-order valence-corrected chi connectivity index (χ0v) is 10.1. The highest BCUT2D eigenvalue weighted by Crippen LogP contribution is 2.14. The topological polar surface area (TPSA) is 21.3 Å². The monoisotopic (exact) mass is 217 g/mol. The van der Waals surface area contributed by atoms with Gasteiger partial charge in [0, 0.05) is 18.9 Å². The first-order valence-electron chi connectivity index (χ1n) is 5.83. The van der Waals surface area contributed by atoms with Gasteiger partial charge < -0.3 is 10.1 Å². The Bertz CT molecular complexity index is 126. The Balaban J connectivity index is 1.82. The van der Waals surface area contributed by atoms with E-state index in [-0.39, 0.29) is 0 Å². The van der Waals surface area contributed by atoms with Gasteiger partial charge in [0.05, 0.1) is 6.10 Å². The van der Waals surface area contributed by atoms with Crippen molar-refractivity contribution in [3.05, 3.63) is 0 Å². The summed E-state index contributed by atoms with van der Waals surface area (Å²) in [6, 6.07) is 0. The van der Waals surface area contributed by atoms with E-state index in [1.165, 1.54) is 37.2 Å². The van der Waals surface area contributed by atoms with E-state index < -0.39 is 0 Å². The summed E-state index contributed by atoms with van der Waals surface area (Å²) in [6.45, 7) is 5.46. The van der Waals surface area contributed by atoms with Crippen molar-refractivity contribution in [3.63, 3.8) is 0 Å². The minimum Gasteiger partial charge on any atom is -0.378 e. The molecule has 1 rings (SSSR count). The third kappa shape index (κ3) is 5.89. The lowest BCUT2D eigenvalue weighted by Crippen LogP contribution is -2.26. The number of hydrogen-bond donors (Lipinski definition) is 1. The molecule has 14 heavy (non-hydrogen) atoms. The Morgan fingerprint density at radius 3 is 3.00 bits per heavy atom. The third-order valence-electron chi connectivity index (χ3n) is 2.54. The highest BCUT2D eigenvalue weighted by molar-refractivity contribution is 7.99. The lowest BCUT2D eigenvalue weighted by Gasteiger charge is -2.22. The van der Waals surface area contributed by atoms with E-state index in [1.807, 2.05) is 11.8 Å². The molecule has 3 heteroatoms. The minimum absolute atomic E-state index is 0.537. The number of ether oxygens (including phenoxy) is 1. The summed E-state index contributed by atoms with van der Waals surface area (Å²) in [5, 5.41) is 3.47. The van der Waals surface area contributed by atoms with Gasteiger partial charge in [-0.3, -0.25) is 0 Å². The summed E-state index contributed by atoms with van der Waals surface area (Å²) in [7, 11) is 0. The fourth-order valence-electron chi connectivity index (χ4n) is 1.71. The molecule has 1 atom stereocenters. The molecule has 0 saturated carbocycles. The SMILES string of the molecule is CCSCCNCCC1CCCCO1. The fraction of sp³-hybridized carbons (Fsp3) is 1.00. The first-order chi connectivity index (χ1) is 6.93. The van der Waals surface area contributed by atoms with Crippen LogP contribution in [0.15, 0.2) is 0 Å². The largest absolute Gasteiger partial charge is 0.378 e. The number of hydrogen-bond acceptors (Lipinski definition) is 3. The van der Waals surface area contributed by atoms with Crippen LogP contribution in [0.3, 0.4) is 0 Å². The molecule has 0 aromatic heterocycles. The highest BCUT2D eigenvalue weighted by atomic mass is 32.2. The zero-order valence-electron chi connectivity index (χ0n) is 9.26. The highest BCUT2D eigenvalue weighted by Gasteiger charge is 2.12. The molecule has 1 unspecified atom stereocenters. The van der Waals surface area contributed by atoms with Crippen molar-refractivity contribution in [2.45, 2.75) is 38.7 Å². The second-order valence-electron chi connectivity index (χ2n) is 3.72. The Hall–Kier alpha value is 0.270. The fourth-order valence-corrected chi connectivity index (χ4v) is 2.29. The van der Waals surface area contributed by atoms with Crippen molar-refractivity contribution in [2.24, 2.45) is 0 Å². The lowest BCUT2D eigenvalue weighted by molar-refractivity contribution is 0.0117. The summed E-state index contributed by atoms with van der Waals surface area (Å²) < 4.78 is 5.66. The minimum atomic E-state index is 0.537. The van der Waals surface area contributed by atoms with E-state index in [1.54, 1.807) is 0 Å². The molecule has 1 heterocycles. The van der Waals surface area contributed by atoms with Crippen LogP contribution in [0, 0.1) is 0 Å². The van der Waals surface area contributed by atoms with Crippen LogP contribution >= 0.6 is 11.8 Å². The van der Waals surface area contributed by atoms with Gasteiger partial charge in [-0.25, -0.2) is 0 Å². The van der Waals surface area contributed by atoms with Crippen LogP contribution in [0.1, 0.15) is 32.6 Å². The van der Waals surface area contributed by atoms with Gasteiger partial charge in [0.2, 0.25) is 0 Å². The Morgan fingerprint density at radius 2 is 2.29 bits per heavy atom. The first-order valence-corrected chi connectivity index (χ1v) is 6.99. The number of thioether (sulfide) groups is 1. The van der Waals surface area contributed by atoms with E-state index in [2.05, 4.69) is 12.2 Å². The van der Waals surface area contributed by atoms with Crippen LogP contribution in [0.25, 0.3) is 0 Å². The van der Waals surface area contributed by atoms with Gasteiger partial charge in [-0.2, -0.15) is 11.8 Å². The maximum absolute atomic E-state index is 5.66. The maximum Gasteiger partial charge on any atom is 0.0587 e. The van der Waals surface area contributed by atoms with Crippen molar-refractivity contribution >= 4 is 11.8 Å². The summed E-state index contributed by atoms with van der Waals surface area (Å²) in [5.41, 5.74) is 0. The van der Waals surface area contributed by atoms with Crippen molar-refractivity contribution in [2.75, 3.05) is 31.2 Å². The molecule has 84 valence electrons. The van der Waals surface area contributed by atoms with Crippen molar-refractivity contribution in [3.8, 4) is 0 Å². The smallest absolute Gasteiger partial charge is 0.0587 e. The standard InChI is InChI=1S/C11H23NOS/c1-2-14-10-8-12-7-6-11-5-3-4-9-13-11/h11-12H,2-10H2,1H3. The Labute approximate surface area is 92.2 Å². The van der Waals surface area contributed by atoms with Gasteiger partial charge in [-0.1, -0.05) is 6.92 Å². The van der Waals surface area contributed by atoms with Crippen LogP contribution in [0.2, 0.25) is 0 Å². The summed E-state index contributed by atoms with van der Waals surface area (Å²) in [5.74, 6) is 2.47. The molecular formula is C11H23NOS. The van der Waals surface area contributed by atoms with Gasteiger partial charge >= 0.3 is 0 Å². The Morgan fingerprint density at radius 1 is 1.36 bits per heavy atom. The molecule has 1 saturated heterocycles. The quantitative estimate of drug-likeness (QED) is 0.661. The summed E-state index contributed by atoms with van der Waals surface area (Å²) >= 11 is 2.00. The molecule has 0 aliphatic carbocycles. The van der Waals surface area contributed by atoms with Gasteiger partial charge in [0.15, 0.2) is 0 Å². The van der Waals surface area contributed by atoms with E-state index in [0.29, 0.717) is 6.10 Å². The maximum atomic E-state index is 5.66. The molecule has 0 radical (unpaired) electrons. The third-order valence-corrected chi connectivity index (χ3v) is 3.45. The summed E-state index contributed by atoms with van der Waals surface area (Å²) in [4.78, 5) is 0. The van der Waals surface area contributed by atoms with Crippen LogP contribution < -0.4 is 5.32 Å². The second-order valence-corrected chi connectivity index (χ2v) is 5.12. The van der Waals surface area contributed by atoms with Crippen LogP contribution in [0.5, 0.6) is 0 Å². The number of nitrogens with one attached hydrogen (secondary N) is 1. The van der Waals surface area contributed by atoms with Crippen molar-refractivity contribution in [1.29, 1.82) is 0 Å². The molecule has 0 amide bonds. The predicted octanol–water partition coefficient (Wildman–Crippen LogP) is 2.29. The molecule has 1 fully saturated rings. The van der Waals surface area contributed by atoms with E-state index in [0.717, 1.165) is 19.7 Å². The zero-order chi connectivity index (χ0) is 10.1. The molecule has 1 aliphatic rings. The Kier molecular flexibility index (Phi) is 7.55. The molecule has 2 nitrogen and oxygen atoms in total. The molecule has 1 N–H and O–H groups in total. The van der Waals surface area contributed by atoms with Gasteiger partial charge in [0.25, 0.3) is 0 Å². The average Bonchev–Trinajstić information content (AvgIpc) is 2.25. The molecule has 0 aromatic carbocycles. The van der Waals surface area contributed by atoms with Gasteiger partial charge in [0.1, 0.15) is 0 Å². The van der Waals surface area contributed by atoms with E-state index >= 15 is 0 Å². The van der Waals surface area contributed by atoms with E-state index in [4.69, 9.17) is 4.74 Å². The average molecular weight is 217 g/mol. The van der Waals surface area contributed by atoms with Gasteiger partial charge in [-0.05, 0) is 38.0 Å². The predicted molar refractivity (Wildman–Crippen MR) is 64.1 cm³/mol. The molecule has 0 spiro atoms. The van der Waals surface area contributed by atoms with Crippen LogP contribution in [-0.2, 0) is 4.74 Å². The number of rotatable bonds is 7. The first kappa shape index (κ1) is 12.3. The van der Waals surface area contributed by atoms with Gasteiger partial charge in [-0.15, -0.1) is 0 Å². The molecule has 0 aromatic rings. The molecular weight excluding hydrogens is 194 g/mol. The van der Waals surface area contributed by atoms with Crippen LogP contribution in [0.4, 0.5) is 0 Å². The van der Waals surface area contributed by atoms with Crippen LogP contribution in [-0.4, -0.2) is 37.3 Å². The summed E-state index contributed by atoms with van der Waals surface area (Å²) in [6.07, 6.45) is 5.62. The van der Waals surface area contributed by atoms with Crippen molar-refractivity contribution in [1.82, 2.24) is 5.32 Å².